The van der Waals surface area contributed by atoms with Gasteiger partial charge in [0.2, 0.25) is 0 Å². The number of pyridine rings is 2. The smallest absolute Gasteiger partial charge is 0.173 e. The average Bonchev–Trinajstić information content (AvgIpc) is 2.64. The van der Waals surface area contributed by atoms with Crippen LogP contribution in [0.25, 0.3) is 22.2 Å². The molecule has 26 heavy (non-hydrogen) atoms. The van der Waals surface area contributed by atoms with E-state index in [0.717, 1.165) is 0 Å². The molecule has 0 spiro atoms. The maximum Gasteiger partial charge on any atom is 0.173 e. The lowest BCUT2D eigenvalue weighted by molar-refractivity contribution is 0.624. The predicted molar refractivity (Wildman–Crippen MR) is 99.6 cm³/mol. The molecule has 0 amide bonds. The fourth-order valence-electron chi connectivity index (χ4n) is 2.76. The Bertz CT molecular complexity index is 1120. The van der Waals surface area contributed by atoms with Gasteiger partial charge < -0.3 is 5.32 Å². The summed E-state index contributed by atoms with van der Waals surface area (Å²) >= 11 is 5.91. The van der Waals surface area contributed by atoms with Crippen LogP contribution in [0.3, 0.4) is 0 Å². The van der Waals surface area contributed by atoms with E-state index in [1.54, 1.807) is 36.4 Å². The number of rotatable bonds is 3. The van der Waals surface area contributed by atoms with Crippen molar-refractivity contribution in [3.8, 4) is 11.3 Å². The molecule has 0 radical (unpaired) electrons. The molecular formula is C20H12ClF2N3. The summed E-state index contributed by atoms with van der Waals surface area (Å²) in [6, 6.07) is 16.2. The number of para-hydroxylation sites is 1. The molecule has 0 saturated heterocycles. The van der Waals surface area contributed by atoms with Crippen LogP contribution in [0.15, 0.2) is 66.9 Å². The highest BCUT2D eigenvalue weighted by atomic mass is 35.5. The van der Waals surface area contributed by atoms with Gasteiger partial charge in [0.15, 0.2) is 5.82 Å². The first-order valence-corrected chi connectivity index (χ1v) is 8.22. The van der Waals surface area contributed by atoms with Crippen LogP contribution in [0.4, 0.5) is 20.2 Å². The normalized spacial score (nSPS) is 10.9. The first kappa shape index (κ1) is 16.4. The Labute approximate surface area is 153 Å². The summed E-state index contributed by atoms with van der Waals surface area (Å²) in [7, 11) is 0. The van der Waals surface area contributed by atoms with Crippen molar-refractivity contribution in [2.75, 3.05) is 5.32 Å². The van der Waals surface area contributed by atoms with E-state index in [4.69, 9.17) is 11.6 Å². The number of hydrogen-bond acceptors (Lipinski definition) is 3. The van der Waals surface area contributed by atoms with Crippen molar-refractivity contribution in [3.63, 3.8) is 0 Å². The molecule has 0 unspecified atom stereocenters. The van der Waals surface area contributed by atoms with E-state index in [0.29, 0.717) is 27.3 Å². The van der Waals surface area contributed by atoms with Crippen LogP contribution in [0, 0.1) is 11.6 Å². The molecule has 0 saturated carbocycles. The van der Waals surface area contributed by atoms with E-state index in [-0.39, 0.29) is 11.4 Å². The molecule has 2 aromatic heterocycles. The molecule has 128 valence electrons. The van der Waals surface area contributed by atoms with Gasteiger partial charge in [0, 0.05) is 22.8 Å². The van der Waals surface area contributed by atoms with E-state index < -0.39 is 11.6 Å². The molecule has 1 N–H and O–H groups in total. The monoisotopic (exact) mass is 367 g/mol. The summed E-state index contributed by atoms with van der Waals surface area (Å²) in [5.74, 6) is -1.02. The molecule has 6 heteroatoms. The van der Waals surface area contributed by atoms with Gasteiger partial charge in [-0.3, -0.25) is 0 Å². The Morgan fingerprint density at radius 2 is 1.77 bits per heavy atom. The molecule has 2 aromatic carbocycles. The molecule has 0 aliphatic rings. The number of halogens is 3. The number of anilines is 2. The third-order valence-corrected chi connectivity index (χ3v) is 4.13. The van der Waals surface area contributed by atoms with Crippen LogP contribution in [0.2, 0.25) is 5.15 Å². The van der Waals surface area contributed by atoms with Crippen LogP contribution in [-0.4, -0.2) is 9.97 Å². The van der Waals surface area contributed by atoms with Crippen molar-refractivity contribution < 1.29 is 8.78 Å². The van der Waals surface area contributed by atoms with Gasteiger partial charge in [-0.05, 0) is 30.3 Å². The Balaban J connectivity index is 1.94. The fraction of sp³-hybridized carbons (Fsp3) is 0. The highest BCUT2D eigenvalue weighted by Gasteiger charge is 2.17. The average molecular weight is 368 g/mol. The third-order valence-electron chi connectivity index (χ3n) is 3.93. The Kier molecular flexibility index (Phi) is 4.22. The lowest BCUT2D eigenvalue weighted by Crippen LogP contribution is -2.00. The second-order valence-corrected chi connectivity index (χ2v) is 6.06. The van der Waals surface area contributed by atoms with Gasteiger partial charge in [0.05, 0.1) is 11.2 Å². The summed E-state index contributed by atoms with van der Waals surface area (Å²) < 4.78 is 28.9. The number of nitrogens with one attached hydrogen (secondary N) is 1. The van der Waals surface area contributed by atoms with Gasteiger partial charge in [0.1, 0.15) is 16.7 Å². The van der Waals surface area contributed by atoms with Crippen LogP contribution in [0.5, 0.6) is 0 Å². The van der Waals surface area contributed by atoms with Gasteiger partial charge in [0.25, 0.3) is 0 Å². The van der Waals surface area contributed by atoms with Crippen LogP contribution < -0.4 is 5.32 Å². The highest BCUT2D eigenvalue weighted by Crippen LogP contribution is 2.34. The van der Waals surface area contributed by atoms with Crippen molar-refractivity contribution >= 4 is 33.9 Å². The van der Waals surface area contributed by atoms with Gasteiger partial charge in [-0.15, -0.1) is 0 Å². The van der Waals surface area contributed by atoms with Gasteiger partial charge in [-0.25, -0.2) is 18.7 Å². The SMILES string of the molecule is Fc1cccc(-c2nc3ccccc3c(Nc3ccnc(Cl)c3)c2F)c1. The molecule has 0 aliphatic carbocycles. The maximum absolute atomic E-state index is 15.3. The lowest BCUT2D eigenvalue weighted by atomic mass is 10.1. The number of benzene rings is 2. The zero-order chi connectivity index (χ0) is 18.1. The minimum atomic E-state index is -0.567. The lowest BCUT2D eigenvalue weighted by Gasteiger charge is -2.14. The van der Waals surface area contributed by atoms with Gasteiger partial charge in [-0.2, -0.15) is 0 Å². The Hall–Kier alpha value is -3.05. The van der Waals surface area contributed by atoms with Crippen LogP contribution in [-0.2, 0) is 0 Å². The van der Waals surface area contributed by atoms with E-state index >= 15 is 4.39 Å². The molecule has 3 nitrogen and oxygen atoms in total. The first-order chi connectivity index (χ1) is 12.6. The van der Waals surface area contributed by atoms with Crippen molar-refractivity contribution in [1.82, 2.24) is 9.97 Å². The maximum atomic E-state index is 15.3. The zero-order valence-corrected chi connectivity index (χ0v) is 14.1. The van der Waals surface area contributed by atoms with Crippen LogP contribution >= 0.6 is 11.6 Å². The molecule has 2 heterocycles. The zero-order valence-electron chi connectivity index (χ0n) is 13.4. The largest absolute Gasteiger partial charge is 0.352 e. The standard InChI is InChI=1S/C20H12ClF2N3/c21-17-11-14(8-9-24-17)25-20-15-6-1-2-7-16(15)26-19(18(20)23)12-4-3-5-13(22)10-12/h1-11H,(H,24,25,26). The van der Waals surface area contributed by atoms with Crippen molar-refractivity contribution in [1.29, 1.82) is 0 Å². The molecule has 4 aromatic rings. The molecular weight excluding hydrogens is 356 g/mol. The minimum absolute atomic E-state index is 0.0749. The van der Waals surface area contributed by atoms with Crippen LogP contribution in [0.1, 0.15) is 0 Å². The topological polar surface area (TPSA) is 37.8 Å². The highest BCUT2D eigenvalue weighted by molar-refractivity contribution is 6.29. The number of aromatic nitrogens is 2. The third kappa shape index (κ3) is 3.09. The quantitative estimate of drug-likeness (QED) is 0.453. The molecule has 0 bridgehead atoms. The summed E-state index contributed by atoms with van der Waals surface area (Å²) in [5, 5.41) is 3.95. The van der Waals surface area contributed by atoms with Gasteiger partial charge >= 0.3 is 0 Å². The van der Waals surface area contributed by atoms with Gasteiger partial charge in [-0.1, -0.05) is 41.9 Å². The molecule has 0 aliphatic heterocycles. The fourth-order valence-corrected chi connectivity index (χ4v) is 2.94. The van der Waals surface area contributed by atoms with Crippen molar-refractivity contribution in [3.05, 3.63) is 83.6 Å². The molecule has 4 rings (SSSR count). The summed E-state index contributed by atoms with van der Waals surface area (Å²) in [6.07, 6.45) is 1.53. The Morgan fingerprint density at radius 1 is 0.923 bits per heavy atom. The van der Waals surface area contributed by atoms with E-state index in [1.165, 1.54) is 24.4 Å². The van der Waals surface area contributed by atoms with E-state index in [9.17, 15) is 4.39 Å². The Morgan fingerprint density at radius 3 is 2.58 bits per heavy atom. The minimum Gasteiger partial charge on any atom is -0.352 e. The summed E-state index contributed by atoms with van der Waals surface area (Å²) in [4.78, 5) is 8.30. The predicted octanol–water partition coefficient (Wildman–Crippen LogP) is 5.97. The second-order valence-electron chi connectivity index (χ2n) is 5.67. The number of hydrogen-bond donors (Lipinski definition) is 1. The van der Waals surface area contributed by atoms with Crippen molar-refractivity contribution in [2.45, 2.75) is 0 Å². The van der Waals surface area contributed by atoms with Crippen molar-refractivity contribution in [2.24, 2.45) is 0 Å². The van der Waals surface area contributed by atoms with E-state index in [2.05, 4.69) is 15.3 Å². The first-order valence-electron chi connectivity index (χ1n) is 7.84. The molecule has 0 fully saturated rings. The number of fused-ring (bicyclic) bond motifs is 1. The summed E-state index contributed by atoms with van der Waals surface area (Å²) in [5.41, 5.74) is 1.87. The summed E-state index contributed by atoms with van der Waals surface area (Å²) in [6.45, 7) is 0. The van der Waals surface area contributed by atoms with E-state index in [1.807, 2.05) is 6.07 Å². The number of nitrogens with zero attached hydrogens (tertiary/aromatic N) is 2. The second kappa shape index (κ2) is 6.69. The molecule has 0 atom stereocenters.